The summed E-state index contributed by atoms with van der Waals surface area (Å²) in [5, 5.41) is 6.48. The number of nitrogens with two attached hydrogens (primary N) is 1. The third-order valence-corrected chi connectivity index (χ3v) is 5.15. The maximum absolute atomic E-state index is 11.8. The number of carbonyl (C=O) groups excluding carboxylic acids is 1. The predicted octanol–water partition coefficient (Wildman–Crippen LogP) is 0.833. The minimum absolute atomic E-state index is 0.00843. The molecule has 2 heterocycles. The lowest BCUT2D eigenvalue weighted by Crippen LogP contribution is -2.43. The van der Waals surface area contributed by atoms with Crippen molar-refractivity contribution < 1.29 is 14.3 Å². The molecule has 1 amide bonds. The Morgan fingerprint density at radius 3 is 3.00 bits per heavy atom. The van der Waals surface area contributed by atoms with Gasteiger partial charge in [-0.1, -0.05) is 12.1 Å². The molecule has 4 N–H and O–H groups in total. The minimum atomic E-state index is -0.00843. The van der Waals surface area contributed by atoms with Crippen LogP contribution in [0, 0.1) is 0 Å². The van der Waals surface area contributed by atoms with Gasteiger partial charge in [0, 0.05) is 19.6 Å². The number of nitrogen functional groups attached to an aromatic ring is 1. The number of amides is 1. The molecule has 1 saturated heterocycles. The van der Waals surface area contributed by atoms with Crippen molar-refractivity contribution in [2.45, 2.75) is 18.9 Å². The highest BCUT2D eigenvalue weighted by Gasteiger charge is 2.26. The van der Waals surface area contributed by atoms with E-state index in [0.717, 1.165) is 18.6 Å². The second-order valence-electron chi connectivity index (χ2n) is 6.96. The van der Waals surface area contributed by atoms with Gasteiger partial charge in [0.15, 0.2) is 0 Å². The first-order valence-electron chi connectivity index (χ1n) is 9.67. The molecule has 4 rings (SSSR count). The quantitative estimate of drug-likeness (QED) is 0.620. The summed E-state index contributed by atoms with van der Waals surface area (Å²) in [7, 11) is 1.69. The Hall–Kier alpha value is -3.14. The third-order valence-electron chi connectivity index (χ3n) is 5.15. The first-order chi connectivity index (χ1) is 14.1. The first-order valence-corrected chi connectivity index (χ1v) is 9.67. The molecule has 1 aromatic carbocycles. The molecule has 0 radical (unpaired) electrons. The number of nitrogens with zero attached hydrogens (tertiary/aromatic N) is 4. The fourth-order valence-electron chi connectivity index (χ4n) is 3.74. The van der Waals surface area contributed by atoms with Gasteiger partial charge >= 0.3 is 0 Å². The number of hydrogen-bond donors (Lipinski definition) is 3. The Bertz CT molecular complexity index is 892. The van der Waals surface area contributed by atoms with E-state index >= 15 is 0 Å². The summed E-state index contributed by atoms with van der Waals surface area (Å²) in [5.41, 5.74) is 8.26. The lowest BCUT2D eigenvalue weighted by atomic mass is 10.1. The number of methoxy groups -OCH3 is 1. The molecule has 10 heteroatoms. The summed E-state index contributed by atoms with van der Waals surface area (Å²) in [6.07, 6.45) is 1.85. The van der Waals surface area contributed by atoms with E-state index in [2.05, 4.69) is 31.7 Å². The first kappa shape index (κ1) is 19.2. The molecule has 2 aromatic rings. The van der Waals surface area contributed by atoms with Crippen molar-refractivity contribution in [2.75, 3.05) is 56.3 Å². The maximum Gasteiger partial charge on any atom is 0.248 e. The van der Waals surface area contributed by atoms with Crippen LogP contribution in [0.25, 0.3) is 0 Å². The Labute approximate surface area is 168 Å². The Kier molecular flexibility index (Phi) is 5.61. The fourth-order valence-corrected chi connectivity index (χ4v) is 3.74. The fraction of sp³-hybridized carbons (Fsp3) is 0.474. The second kappa shape index (κ2) is 8.48. The van der Waals surface area contributed by atoms with Gasteiger partial charge in [-0.25, -0.2) is 0 Å². The van der Waals surface area contributed by atoms with Gasteiger partial charge in [-0.2, -0.15) is 15.0 Å². The van der Waals surface area contributed by atoms with Crippen molar-refractivity contribution in [1.82, 2.24) is 19.9 Å². The molecule has 2 aliphatic rings. The van der Waals surface area contributed by atoms with Crippen LogP contribution in [0.5, 0.6) is 5.75 Å². The number of rotatable bonds is 7. The molecule has 1 fully saturated rings. The highest BCUT2D eigenvalue weighted by atomic mass is 16.5. The molecule has 29 heavy (non-hydrogen) atoms. The van der Waals surface area contributed by atoms with E-state index in [1.807, 2.05) is 12.1 Å². The molecule has 1 aliphatic carbocycles. The lowest BCUT2D eigenvalue weighted by Gasteiger charge is -2.26. The van der Waals surface area contributed by atoms with E-state index in [1.165, 1.54) is 11.1 Å². The zero-order chi connectivity index (χ0) is 20.2. The number of carbonyl (C=O) groups is 1. The molecular weight excluding hydrogens is 374 g/mol. The molecule has 0 saturated carbocycles. The van der Waals surface area contributed by atoms with Crippen LogP contribution in [0.4, 0.5) is 17.8 Å². The lowest BCUT2D eigenvalue weighted by molar-refractivity contribution is -0.142. The summed E-state index contributed by atoms with van der Waals surface area (Å²) in [4.78, 5) is 26.3. The number of fused-ring (bicyclic) bond motifs is 1. The van der Waals surface area contributed by atoms with Gasteiger partial charge < -0.3 is 30.7 Å². The van der Waals surface area contributed by atoms with Crippen LogP contribution >= 0.6 is 0 Å². The van der Waals surface area contributed by atoms with Crippen molar-refractivity contribution in [2.24, 2.45) is 0 Å². The average molecular weight is 399 g/mol. The normalized spacial score (nSPS) is 18.4. The van der Waals surface area contributed by atoms with Gasteiger partial charge in [0.25, 0.3) is 0 Å². The SMILES string of the molecule is COc1cccc2c1CCC2Nc1nc(N)nc(NCCN2CCOCC2=O)n1. The number of morpholine rings is 1. The monoisotopic (exact) mass is 399 g/mol. The standard InChI is InChI=1S/C19H25N7O3/c1-28-15-4-2-3-12-13(15)5-6-14(12)22-19-24-17(20)23-18(25-19)21-7-8-26-9-10-29-11-16(26)27/h2-4,14H,5-11H2,1H3,(H4,20,21,22,23,24,25). The zero-order valence-corrected chi connectivity index (χ0v) is 16.4. The van der Waals surface area contributed by atoms with Gasteiger partial charge in [-0.3, -0.25) is 4.79 Å². The van der Waals surface area contributed by atoms with Crippen LogP contribution < -0.4 is 21.1 Å². The zero-order valence-electron chi connectivity index (χ0n) is 16.4. The van der Waals surface area contributed by atoms with Gasteiger partial charge in [-0.15, -0.1) is 0 Å². The summed E-state index contributed by atoms with van der Waals surface area (Å²) < 4.78 is 10.6. The number of aromatic nitrogens is 3. The van der Waals surface area contributed by atoms with E-state index in [4.69, 9.17) is 15.2 Å². The number of ether oxygens (including phenoxy) is 2. The molecule has 1 unspecified atom stereocenters. The van der Waals surface area contributed by atoms with Crippen molar-refractivity contribution in [1.29, 1.82) is 0 Å². The van der Waals surface area contributed by atoms with Crippen LogP contribution in [0.15, 0.2) is 18.2 Å². The van der Waals surface area contributed by atoms with Crippen molar-refractivity contribution >= 4 is 23.8 Å². The number of benzene rings is 1. The van der Waals surface area contributed by atoms with Crippen molar-refractivity contribution in [3.63, 3.8) is 0 Å². The minimum Gasteiger partial charge on any atom is -0.496 e. The summed E-state index contributed by atoms with van der Waals surface area (Å²) >= 11 is 0. The number of hydrogen-bond acceptors (Lipinski definition) is 9. The third kappa shape index (κ3) is 4.32. The Morgan fingerprint density at radius 2 is 2.17 bits per heavy atom. The molecule has 1 aromatic heterocycles. The van der Waals surface area contributed by atoms with Gasteiger partial charge in [0.05, 0.1) is 19.8 Å². The number of nitrogens with one attached hydrogen (secondary N) is 2. The van der Waals surface area contributed by atoms with E-state index in [1.54, 1.807) is 12.0 Å². The van der Waals surface area contributed by atoms with Crippen LogP contribution in [0.1, 0.15) is 23.6 Å². The van der Waals surface area contributed by atoms with Gasteiger partial charge in [0.1, 0.15) is 12.4 Å². The molecular formula is C19H25N7O3. The largest absolute Gasteiger partial charge is 0.496 e. The van der Waals surface area contributed by atoms with E-state index in [0.29, 0.717) is 38.1 Å². The van der Waals surface area contributed by atoms with Gasteiger partial charge in [0.2, 0.25) is 23.8 Å². The smallest absolute Gasteiger partial charge is 0.248 e. The Morgan fingerprint density at radius 1 is 1.31 bits per heavy atom. The van der Waals surface area contributed by atoms with Crippen LogP contribution in [0.3, 0.4) is 0 Å². The highest BCUT2D eigenvalue weighted by molar-refractivity contribution is 5.78. The Balaban J connectivity index is 1.40. The molecule has 1 aliphatic heterocycles. The van der Waals surface area contributed by atoms with E-state index in [9.17, 15) is 4.79 Å². The molecule has 10 nitrogen and oxygen atoms in total. The molecule has 154 valence electrons. The number of anilines is 3. The molecule has 0 bridgehead atoms. The van der Waals surface area contributed by atoms with Crippen LogP contribution in [-0.2, 0) is 16.0 Å². The summed E-state index contributed by atoms with van der Waals surface area (Å²) in [6.45, 7) is 2.36. The van der Waals surface area contributed by atoms with E-state index < -0.39 is 0 Å². The van der Waals surface area contributed by atoms with Crippen molar-refractivity contribution in [3.05, 3.63) is 29.3 Å². The van der Waals surface area contributed by atoms with Crippen molar-refractivity contribution in [3.8, 4) is 5.75 Å². The highest BCUT2D eigenvalue weighted by Crippen LogP contribution is 2.38. The molecule has 1 atom stereocenters. The van der Waals surface area contributed by atoms with Crippen LogP contribution in [0.2, 0.25) is 0 Å². The van der Waals surface area contributed by atoms with Crippen LogP contribution in [-0.4, -0.2) is 65.7 Å². The second-order valence-corrected chi connectivity index (χ2v) is 6.96. The predicted molar refractivity (Wildman–Crippen MR) is 108 cm³/mol. The maximum atomic E-state index is 11.8. The van der Waals surface area contributed by atoms with E-state index in [-0.39, 0.29) is 24.5 Å². The summed E-state index contributed by atoms with van der Waals surface area (Å²) in [6, 6.07) is 6.13. The average Bonchev–Trinajstić information content (AvgIpc) is 3.12. The summed E-state index contributed by atoms with van der Waals surface area (Å²) in [5.74, 6) is 1.83. The topological polar surface area (TPSA) is 128 Å². The molecule has 0 spiro atoms. The van der Waals surface area contributed by atoms with Gasteiger partial charge in [-0.05, 0) is 30.0 Å².